The van der Waals surface area contributed by atoms with Crippen LogP contribution < -0.4 is 19.5 Å². The van der Waals surface area contributed by atoms with Crippen molar-refractivity contribution >= 4 is 24.4 Å². The lowest BCUT2D eigenvalue weighted by atomic mass is 9.77. The van der Waals surface area contributed by atoms with Gasteiger partial charge in [0.25, 0.3) is 0 Å². The maximum atomic E-state index is 13.5. The van der Waals surface area contributed by atoms with E-state index in [-0.39, 0.29) is 29.8 Å². The minimum atomic E-state index is -0.441. The molecular formula is C30H42ClN3O6. The Kier molecular flexibility index (Phi) is 11.3. The summed E-state index contributed by atoms with van der Waals surface area (Å²) in [7, 11) is 4.85. The van der Waals surface area contributed by atoms with E-state index in [2.05, 4.69) is 10.2 Å². The van der Waals surface area contributed by atoms with Crippen LogP contribution in [0.5, 0.6) is 17.2 Å². The van der Waals surface area contributed by atoms with E-state index < -0.39 is 6.09 Å². The number of hydrogen-bond donors (Lipinski definition) is 1. The van der Waals surface area contributed by atoms with Crippen molar-refractivity contribution in [3.63, 3.8) is 0 Å². The lowest BCUT2D eigenvalue weighted by molar-refractivity contribution is -0.138. The molecule has 2 aromatic carbocycles. The van der Waals surface area contributed by atoms with Crippen LogP contribution >= 0.6 is 12.4 Å². The maximum Gasteiger partial charge on any atom is 0.407 e. The zero-order chi connectivity index (χ0) is 27.8. The van der Waals surface area contributed by atoms with Gasteiger partial charge in [-0.2, -0.15) is 0 Å². The third kappa shape index (κ3) is 7.31. The molecule has 2 amide bonds. The van der Waals surface area contributed by atoms with Crippen molar-refractivity contribution in [2.45, 2.75) is 45.2 Å². The van der Waals surface area contributed by atoms with Gasteiger partial charge in [0.1, 0.15) is 5.75 Å². The van der Waals surface area contributed by atoms with Gasteiger partial charge in [0.05, 0.1) is 39.4 Å². The van der Waals surface area contributed by atoms with E-state index in [4.69, 9.17) is 18.9 Å². The van der Waals surface area contributed by atoms with E-state index in [1.807, 2.05) is 47.4 Å². The molecule has 9 nitrogen and oxygen atoms in total. The highest BCUT2D eigenvalue weighted by molar-refractivity contribution is 5.85. The van der Waals surface area contributed by atoms with E-state index in [1.54, 1.807) is 28.3 Å². The predicted molar refractivity (Wildman–Crippen MR) is 155 cm³/mol. The molecule has 1 atom stereocenters. The van der Waals surface area contributed by atoms with Gasteiger partial charge in [0.2, 0.25) is 5.91 Å². The summed E-state index contributed by atoms with van der Waals surface area (Å²) in [5.74, 6) is 2.36. The Morgan fingerprint density at radius 3 is 2.25 bits per heavy atom. The van der Waals surface area contributed by atoms with E-state index in [1.165, 1.54) is 0 Å². The number of halogens is 1. The lowest BCUT2D eigenvalue weighted by Crippen LogP contribution is -2.45. The summed E-state index contributed by atoms with van der Waals surface area (Å²) < 4.78 is 21.2. The summed E-state index contributed by atoms with van der Waals surface area (Å²) in [5.41, 5.74) is 1.79. The number of alkyl carbamates (subject to hydrolysis) is 1. The summed E-state index contributed by atoms with van der Waals surface area (Å²) >= 11 is 0. The van der Waals surface area contributed by atoms with E-state index in [0.717, 1.165) is 62.3 Å². The molecule has 2 aliphatic heterocycles. The molecule has 40 heavy (non-hydrogen) atoms. The first-order chi connectivity index (χ1) is 18.9. The Hall–Kier alpha value is -3.17. The van der Waals surface area contributed by atoms with Gasteiger partial charge in [0, 0.05) is 19.6 Å². The molecule has 0 bridgehead atoms. The van der Waals surface area contributed by atoms with Crippen molar-refractivity contribution in [1.82, 2.24) is 15.1 Å². The van der Waals surface area contributed by atoms with Crippen molar-refractivity contribution in [3.05, 3.63) is 53.6 Å². The van der Waals surface area contributed by atoms with E-state index in [0.29, 0.717) is 31.1 Å². The molecule has 2 fully saturated rings. The quantitative estimate of drug-likeness (QED) is 0.410. The number of methoxy groups -OCH3 is 3. The highest BCUT2D eigenvalue weighted by atomic mass is 35.5. The fourth-order valence-electron chi connectivity index (χ4n) is 5.68. The number of carbonyl (C=O) groups is 2. The Morgan fingerprint density at radius 1 is 0.950 bits per heavy atom. The second kappa shape index (κ2) is 14.5. The van der Waals surface area contributed by atoms with Crippen molar-refractivity contribution in [3.8, 4) is 17.2 Å². The first-order valence-electron chi connectivity index (χ1n) is 13.7. The molecule has 0 aromatic heterocycles. The second-order valence-corrected chi connectivity index (χ2v) is 10.3. The number of ether oxygens (including phenoxy) is 4. The molecule has 0 saturated carbocycles. The van der Waals surface area contributed by atoms with Crippen LogP contribution in [0.25, 0.3) is 0 Å². The Bertz CT molecular complexity index is 1120. The first-order valence-corrected chi connectivity index (χ1v) is 13.7. The number of likely N-dealkylation sites (tertiary alicyclic amines) is 2. The number of carbonyl (C=O) groups excluding carboxylic acids is 2. The number of rotatable bonds is 11. The van der Waals surface area contributed by atoms with Crippen molar-refractivity contribution < 1.29 is 28.5 Å². The Balaban J connectivity index is 0.00000441. The molecule has 4 rings (SSSR count). The molecule has 1 N–H and O–H groups in total. The highest BCUT2D eigenvalue weighted by Crippen LogP contribution is 2.42. The Labute approximate surface area is 243 Å². The molecule has 2 aromatic rings. The van der Waals surface area contributed by atoms with Crippen molar-refractivity contribution in [2.75, 3.05) is 54.1 Å². The first kappa shape index (κ1) is 31.4. The number of piperidine rings is 1. The lowest BCUT2D eigenvalue weighted by Gasteiger charge is -2.38. The average molecular weight is 576 g/mol. The minimum Gasteiger partial charge on any atom is -0.497 e. The van der Waals surface area contributed by atoms with Crippen LogP contribution in [0.2, 0.25) is 0 Å². The van der Waals surface area contributed by atoms with Crippen LogP contribution in [0.15, 0.2) is 42.5 Å². The summed E-state index contributed by atoms with van der Waals surface area (Å²) in [6.07, 6.45) is 2.89. The number of amides is 2. The molecule has 2 saturated heterocycles. The summed E-state index contributed by atoms with van der Waals surface area (Å²) in [6.45, 7) is 6.06. The van der Waals surface area contributed by atoms with Crippen molar-refractivity contribution in [2.24, 2.45) is 5.41 Å². The third-order valence-corrected chi connectivity index (χ3v) is 8.06. The van der Waals surface area contributed by atoms with Crippen molar-refractivity contribution in [1.29, 1.82) is 0 Å². The molecule has 0 aliphatic carbocycles. The molecular weight excluding hydrogens is 534 g/mol. The normalized spacial score (nSPS) is 17.2. The van der Waals surface area contributed by atoms with Crippen LogP contribution in [0.4, 0.5) is 4.79 Å². The fraction of sp³-hybridized carbons (Fsp3) is 0.533. The average Bonchev–Trinajstić information content (AvgIpc) is 3.26. The standard InChI is InChI=1S/C30H41N3O6.ClH/c1-5-39-29(35)31-25(23-8-11-26(37-3)27(20-23)38-4)12-16-32-17-13-30(14-18-32)15-19-33(28(30)34)21-22-6-9-24(36-2)10-7-22;/h6-11,20,25H,5,12-19,21H2,1-4H3,(H,31,35);1H. The SMILES string of the molecule is CCOC(=O)NC(CCN1CCC2(CC1)CCN(Cc1ccc(OC)cc1)C2=O)c1ccc(OC)c(OC)c1.Cl. The maximum absolute atomic E-state index is 13.5. The minimum absolute atomic E-state index is 0. The summed E-state index contributed by atoms with van der Waals surface area (Å²) in [6, 6.07) is 13.4. The van der Waals surface area contributed by atoms with Crippen LogP contribution in [0, 0.1) is 5.41 Å². The molecule has 220 valence electrons. The van der Waals surface area contributed by atoms with Crippen LogP contribution in [0.1, 0.15) is 49.8 Å². The van der Waals surface area contributed by atoms with Crippen LogP contribution in [0.3, 0.4) is 0 Å². The number of benzene rings is 2. The second-order valence-electron chi connectivity index (χ2n) is 10.3. The molecule has 2 heterocycles. The molecule has 1 unspecified atom stereocenters. The molecule has 1 spiro atoms. The third-order valence-electron chi connectivity index (χ3n) is 8.06. The van der Waals surface area contributed by atoms with Gasteiger partial charge >= 0.3 is 6.09 Å². The topological polar surface area (TPSA) is 89.6 Å². The van der Waals surface area contributed by atoms with Gasteiger partial charge in [0.15, 0.2) is 11.5 Å². The smallest absolute Gasteiger partial charge is 0.407 e. The van der Waals surface area contributed by atoms with E-state index >= 15 is 0 Å². The zero-order valence-electron chi connectivity index (χ0n) is 23.9. The van der Waals surface area contributed by atoms with Crippen LogP contribution in [-0.2, 0) is 16.1 Å². The monoisotopic (exact) mass is 575 g/mol. The molecule has 10 heteroatoms. The predicted octanol–water partition coefficient (Wildman–Crippen LogP) is 4.83. The summed E-state index contributed by atoms with van der Waals surface area (Å²) in [5, 5.41) is 3.00. The molecule has 0 radical (unpaired) electrons. The largest absolute Gasteiger partial charge is 0.497 e. The summed E-state index contributed by atoms with van der Waals surface area (Å²) in [4.78, 5) is 30.2. The van der Waals surface area contributed by atoms with Gasteiger partial charge in [-0.25, -0.2) is 4.79 Å². The van der Waals surface area contributed by atoms with Gasteiger partial charge < -0.3 is 34.1 Å². The van der Waals surface area contributed by atoms with Gasteiger partial charge in [-0.15, -0.1) is 12.4 Å². The number of nitrogens with one attached hydrogen (secondary N) is 1. The molecule has 2 aliphatic rings. The van der Waals surface area contributed by atoms with E-state index in [9.17, 15) is 9.59 Å². The van der Waals surface area contributed by atoms with Gasteiger partial charge in [-0.1, -0.05) is 18.2 Å². The number of nitrogens with zero attached hydrogens (tertiary/aromatic N) is 2. The van der Waals surface area contributed by atoms with Crippen LogP contribution in [-0.4, -0.2) is 75.9 Å². The fourth-order valence-corrected chi connectivity index (χ4v) is 5.68. The van der Waals surface area contributed by atoms with Gasteiger partial charge in [-0.05, 0) is 81.1 Å². The number of hydrogen-bond acceptors (Lipinski definition) is 7. The Morgan fingerprint density at radius 2 is 1.62 bits per heavy atom. The zero-order valence-corrected chi connectivity index (χ0v) is 24.8. The van der Waals surface area contributed by atoms with Gasteiger partial charge in [-0.3, -0.25) is 4.79 Å². The highest BCUT2D eigenvalue weighted by Gasteiger charge is 2.47.